The van der Waals surface area contributed by atoms with Gasteiger partial charge in [0.1, 0.15) is 0 Å². The van der Waals surface area contributed by atoms with Gasteiger partial charge in [-0.2, -0.15) is 0 Å². The van der Waals surface area contributed by atoms with Gasteiger partial charge in [0, 0.05) is 7.11 Å². The van der Waals surface area contributed by atoms with E-state index in [0.29, 0.717) is 0 Å². The second-order valence-electron chi connectivity index (χ2n) is 3.32. The molecule has 7 nitrogen and oxygen atoms in total. The lowest BCUT2D eigenvalue weighted by molar-refractivity contribution is -0.164. The van der Waals surface area contributed by atoms with Crippen LogP contribution in [0.4, 0.5) is 0 Å². The highest BCUT2D eigenvalue weighted by atomic mass is 31.1. The third kappa shape index (κ3) is 5.21. The highest BCUT2D eigenvalue weighted by Gasteiger charge is 2.46. The SMILES string of the molecule is COC[P+](=O)OC(C)(CC(=O)OC)C(=O)OC. The molecule has 0 N–H and O–H groups in total. The topological polar surface area (TPSA) is 88.1 Å². The molecule has 0 heterocycles. The summed E-state index contributed by atoms with van der Waals surface area (Å²) < 4.78 is 29.9. The van der Waals surface area contributed by atoms with Crippen molar-refractivity contribution in [1.82, 2.24) is 0 Å². The fourth-order valence-corrected chi connectivity index (χ4v) is 1.91. The Morgan fingerprint density at radius 3 is 2.18 bits per heavy atom. The molecule has 0 aromatic rings. The van der Waals surface area contributed by atoms with E-state index in [4.69, 9.17) is 4.52 Å². The molecule has 0 aliphatic rings. The molecule has 0 fully saturated rings. The van der Waals surface area contributed by atoms with Crippen molar-refractivity contribution in [1.29, 1.82) is 0 Å². The molecule has 0 bridgehead atoms. The summed E-state index contributed by atoms with van der Waals surface area (Å²) >= 11 is 0. The van der Waals surface area contributed by atoms with Crippen molar-refractivity contribution in [2.45, 2.75) is 18.9 Å². The predicted octanol–water partition coefficient (Wildman–Crippen LogP) is 0.844. The van der Waals surface area contributed by atoms with Gasteiger partial charge < -0.3 is 14.2 Å². The van der Waals surface area contributed by atoms with E-state index in [9.17, 15) is 14.2 Å². The van der Waals surface area contributed by atoms with Gasteiger partial charge in [0.2, 0.25) is 5.60 Å². The minimum Gasteiger partial charge on any atom is -0.469 e. The summed E-state index contributed by atoms with van der Waals surface area (Å²) in [6.07, 6.45) is -0.565. The molecule has 8 heteroatoms. The number of hydrogen-bond acceptors (Lipinski definition) is 7. The van der Waals surface area contributed by atoms with Crippen molar-refractivity contribution in [3.63, 3.8) is 0 Å². The molecule has 98 valence electrons. The Bertz CT molecular complexity index is 304. The van der Waals surface area contributed by atoms with E-state index in [-0.39, 0.29) is 12.8 Å². The van der Waals surface area contributed by atoms with E-state index in [1.807, 2.05) is 0 Å². The van der Waals surface area contributed by atoms with Crippen molar-refractivity contribution in [2.24, 2.45) is 0 Å². The van der Waals surface area contributed by atoms with Crippen LogP contribution in [-0.2, 0) is 32.9 Å². The second-order valence-corrected chi connectivity index (χ2v) is 4.42. The summed E-state index contributed by atoms with van der Waals surface area (Å²) in [5.41, 5.74) is -1.65. The van der Waals surface area contributed by atoms with Crippen LogP contribution in [0.25, 0.3) is 0 Å². The lowest BCUT2D eigenvalue weighted by Gasteiger charge is -2.18. The molecule has 0 rings (SSSR count). The molecular formula is C9H16O7P+. The van der Waals surface area contributed by atoms with Gasteiger partial charge in [-0.25, -0.2) is 4.79 Å². The van der Waals surface area contributed by atoms with Crippen LogP contribution in [0.15, 0.2) is 0 Å². The van der Waals surface area contributed by atoms with Crippen LogP contribution in [0.3, 0.4) is 0 Å². The van der Waals surface area contributed by atoms with Gasteiger partial charge in [0.15, 0.2) is 0 Å². The Morgan fingerprint density at radius 2 is 1.76 bits per heavy atom. The first-order valence-electron chi connectivity index (χ1n) is 4.67. The van der Waals surface area contributed by atoms with E-state index in [1.54, 1.807) is 0 Å². The molecule has 0 aliphatic carbocycles. The average Bonchev–Trinajstić information content (AvgIpc) is 2.27. The zero-order valence-electron chi connectivity index (χ0n) is 10.2. The summed E-state index contributed by atoms with van der Waals surface area (Å²) in [7, 11) is 1.44. The lowest BCUT2D eigenvalue weighted by Crippen LogP contribution is -2.40. The van der Waals surface area contributed by atoms with Gasteiger partial charge in [-0.3, -0.25) is 4.79 Å². The number of rotatable bonds is 7. The standard InChI is InChI=1S/C9H16O7P/c1-9(8(11)15-4,5-7(10)14-3)16-17(12)6-13-2/h5-6H2,1-4H3/q+1. The average molecular weight is 267 g/mol. The first-order valence-corrected chi connectivity index (χ1v) is 6.04. The van der Waals surface area contributed by atoms with Crippen molar-refractivity contribution in [3.8, 4) is 0 Å². The molecule has 0 spiro atoms. The minimum atomic E-state index is -2.22. The van der Waals surface area contributed by atoms with Crippen molar-refractivity contribution >= 4 is 20.0 Å². The van der Waals surface area contributed by atoms with E-state index >= 15 is 0 Å². The van der Waals surface area contributed by atoms with Crippen LogP contribution in [0, 0.1) is 0 Å². The summed E-state index contributed by atoms with van der Waals surface area (Å²) in [5.74, 6) is -1.47. The quantitative estimate of drug-likeness (QED) is 0.499. The molecule has 0 aromatic carbocycles. The molecule has 0 amide bonds. The van der Waals surface area contributed by atoms with Crippen LogP contribution in [0.1, 0.15) is 13.3 Å². The third-order valence-electron chi connectivity index (χ3n) is 1.86. The number of esters is 2. The summed E-state index contributed by atoms with van der Waals surface area (Å²) in [4.78, 5) is 22.7. The van der Waals surface area contributed by atoms with Crippen LogP contribution < -0.4 is 0 Å². The Kier molecular flexibility index (Phi) is 6.87. The molecule has 0 radical (unpaired) electrons. The molecule has 0 aliphatic heterocycles. The Hall–Kier alpha value is -1.04. The van der Waals surface area contributed by atoms with Crippen LogP contribution in [0.2, 0.25) is 0 Å². The molecule has 2 atom stereocenters. The fourth-order valence-electron chi connectivity index (χ4n) is 1.06. The summed E-state index contributed by atoms with van der Waals surface area (Å²) in [5, 5.41) is 0. The first kappa shape index (κ1) is 16.0. The van der Waals surface area contributed by atoms with Gasteiger partial charge in [-0.15, -0.1) is 4.52 Å². The van der Waals surface area contributed by atoms with Crippen molar-refractivity contribution in [3.05, 3.63) is 0 Å². The molecule has 17 heavy (non-hydrogen) atoms. The monoisotopic (exact) mass is 267 g/mol. The van der Waals surface area contributed by atoms with E-state index < -0.39 is 25.6 Å². The largest absolute Gasteiger partial charge is 0.538 e. The van der Waals surface area contributed by atoms with Gasteiger partial charge >= 0.3 is 20.0 Å². The maximum Gasteiger partial charge on any atom is 0.538 e. The number of hydrogen-bond donors (Lipinski definition) is 0. The lowest BCUT2D eigenvalue weighted by atomic mass is 10.0. The number of carbonyl (C=O) groups is 2. The normalized spacial score (nSPS) is 14.7. The predicted molar refractivity (Wildman–Crippen MR) is 57.6 cm³/mol. The van der Waals surface area contributed by atoms with Crippen LogP contribution >= 0.6 is 8.03 Å². The van der Waals surface area contributed by atoms with E-state index in [2.05, 4.69) is 14.2 Å². The number of methoxy groups -OCH3 is 3. The zero-order chi connectivity index (χ0) is 13.5. The smallest absolute Gasteiger partial charge is 0.469 e. The minimum absolute atomic E-state index is 0.177. The van der Waals surface area contributed by atoms with Gasteiger partial charge in [0.25, 0.3) is 6.35 Å². The molecule has 2 unspecified atom stereocenters. The fraction of sp³-hybridized carbons (Fsp3) is 0.778. The first-order chi connectivity index (χ1) is 7.89. The molecular weight excluding hydrogens is 251 g/mol. The summed E-state index contributed by atoms with van der Waals surface area (Å²) in [6.45, 7) is 1.30. The molecule has 0 aromatic heterocycles. The Labute approximate surface area is 100 Å². The molecule has 0 saturated heterocycles. The number of ether oxygens (including phenoxy) is 3. The highest BCUT2D eigenvalue weighted by Crippen LogP contribution is 2.33. The highest BCUT2D eigenvalue weighted by molar-refractivity contribution is 7.38. The van der Waals surface area contributed by atoms with Gasteiger partial charge in [0.05, 0.1) is 20.6 Å². The van der Waals surface area contributed by atoms with Gasteiger partial charge in [-0.05, 0) is 11.5 Å². The van der Waals surface area contributed by atoms with Crippen LogP contribution in [0.5, 0.6) is 0 Å². The maximum absolute atomic E-state index is 11.5. The second kappa shape index (κ2) is 7.32. The van der Waals surface area contributed by atoms with Crippen LogP contribution in [-0.4, -0.2) is 45.2 Å². The Morgan fingerprint density at radius 1 is 1.18 bits per heavy atom. The summed E-state index contributed by atoms with van der Waals surface area (Å²) in [6, 6.07) is 0. The van der Waals surface area contributed by atoms with E-state index in [1.165, 1.54) is 21.1 Å². The van der Waals surface area contributed by atoms with Crippen molar-refractivity contribution < 1.29 is 32.9 Å². The Balaban J connectivity index is 4.78. The van der Waals surface area contributed by atoms with Gasteiger partial charge in [-0.1, -0.05) is 0 Å². The maximum atomic E-state index is 11.5. The van der Waals surface area contributed by atoms with Crippen molar-refractivity contribution in [2.75, 3.05) is 27.7 Å². The third-order valence-corrected chi connectivity index (χ3v) is 2.94. The zero-order valence-corrected chi connectivity index (χ0v) is 11.1. The molecule has 0 saturated carbocycles. The number of carbonyl (C=O) groups excluding carboxylic acids is 2. The van der Waals surface area contributed by atoms with E-state index in [0.717, 1.165) is 7.11 Å².